The number of hydrogen-bond donors (Lipinski definition) is 1. The van der Waals surface area contributed by atoms with Crippen molar-refractivity contribution in [3.63, 3.8) is 0 Å². The highest BCUT2D eigenvalue weighted by Crippen LogP contribution is 2.29. The zero-order chi connectivity index (χ0) is 18.4. The molecule has 0 bridgehead atoms. The van der Waals surface area contributed by atoms with E-state index in [0.29, 0.717) is 23.3 Å². The zero-order valence-electron chi connectivity index (χ0n) is 15.3. The molecule has 0 aliphatic heterocycles. The highest BCUT2D eigenvalue weighted by Gasteiger charge is 2.28. The lowest BCUT2D eigenvalue weighted by Crippen LogP contribution is -2.45. The number of ether oxygens (including phenoxy) is 3. The first kappa shape index (κ1) is 19.1. The van der Waals surface area contributed by atoms with Crippen LogP contribution in [-0.2, 0) is 9.53 Å². The summed E-state index contributed by atoms with van der Waals surface area (Å²) < 4.78 is 15.4. The van der Waals surface area contributed by atoms with Crippen molar-refractivity contribution in [2.24, 2.45) is 11.8 Å². The van der Waals surface area contributed by atoms with E-state index in [1.807, 2.05) is 0 Å². The van der Waals surface area contributed by atoms with Crippen LogP contribution in [0.15, 0.2) is 18.2 Å². The molecule has 0 spiro atoms. The average molecular weight is 349 g/mol. The molecule has 1 aliphatic carbocycles. The van der Waals surface area contributed by atoms with Crippen molar-refractivity contribution in [1.29, 1.82) is 0 Å². The molecule has 1 saturated carbocycles. The van der Waals surface area contributed by atoms with E-state index in [-0.39, 0.29) is 24.1 Å². The third-order valence-corrected chi connectivity index (χ3v) is 4.97. The third-order valence-electron chi connectivity index (χ3n) is 4.97. The third kappa shape index (κ3) is 5.11. The topological polar surface area (TPSA) is 73.9 Å². The van der Waals surface area contributed by atoms with Gasteiger partial charge in [0.05, 0.1) is 19.8 Å². The summed E-state index contributed by atoms with van der Waals surface area (Å²) in [6, 6.07) is 4.91. The van der Waals surface area contributed by atoms with Gasteiger partial charge >= 0.3 is 5.97 Å². The molecule has 0 aromatic heterocycles. The smallest absolute Gasteiger partial charge is 0.338 e. The van der Waals surface area contributed by atoms with Crippen LogP contribution >= 0.6 is 0 Å². The number of benzene rings is 1. The van der Waals surface area contributed by atoms with Crippen LogP contribution in [0.5, 0.6) is 11.5 Å². The number of hydrogen-bond acceptors (Lipinski definition) is 5. The molecular formula is C19H27NO5. The number of amides is 1. The van der Waals surface area contributed by atoms with Crippen LogP contribution in [0, 0.1) is 11.8 Å². The number of carbonyl (C=O) groups is 2. The lowest BCUT2D eigenvalue weighted by atomic mass is 9.78. The van der Waals surface area contributed by atoms with E-state index in [4.69, 9.17) is 14.2 Å². The summed E-state index contributed by atoms with van der Waals surface area (Å²) in [4.78, 5) is 24.3. The van der Waals surface area contributed by atoms with Crippen molar-refractivity contribution in [2.75, 3.05) is 20.8 Å². The van der Waals surface area contributed by atoms with Crippen molar-refractivity contribution in [2.45, 2.75) is 39.2 Å². The van der Waals surface area contributed by atoms with Gasteiger partial charge in [-0.2, -0.15) is 0 Å². The summed E-state index contributed by atoms with van der Waals surface area (Å²) in [6.07, 6.45) is 3.28. The molecule has 1 fully saturated rings. The Morgan fingerprint density at radius 1 is 1.08 bits per heavy atom. The van der Waals surface area contributed by atoms with Crippen molar-refractivity contribution >= 4 is 11.9 Å². The molecule has 6 nitrogen and oxygen atoms in total. The van der Waals surface area contributed by atoms with Gasteiger partial charge in [-0.25, -0.2) is 4.79 Å². The lowest BCUT2D eigenvalue weighted by Gasteiger charge is -2.34. The molecule has 138 valence electrons. The quantitative estimate of drug-likeness (QED) is 0.800. The molecule has 1 amide bonds. The van der Waals surface area contributed by atoms with Gasteiger partial charge in [0.15, 0.2) is 6.61 Å². The first-order valence-electron chi connectivity index (χ1n) is 8.64. The Morgan fingerprint density at radius 3 is 2.32 bits per heavy atom. The number of methoxy groups -OCH3 is 2. The summed E-state index contributed by atoms with van der Waals surface area (Å²) in [5.74, 6) is 1.13. The largest absolute Gasteiger partial charge is 0.497 e. The fourth-order valence-electron chi connectivity index (χ4n) is 3.17. The summed E-state index contributed by atoms with van der Waals surface area (Å²) in [7, 11) is 3.01. The molecule has 1 aliphatic rings. The zero-order valence-corrected chi connectivity index (χ0v) is 15.3. The van der Waals surface area contributed by atoms with Gasteiger partial charge < -0.3 is 19.5 Å². The average Bonchev–Trinajstić information content (AvgIpc) is 2.63. The van der Waals surface area contributed by atoms with E-state index >= 15 is 0 Å². The summed E-state index contributed by atoms with van der Waals surface area (Å²) in [5.41, 5.74) is 0.281. The van der Waals surface area contributed by atoms with Crippen LogP contribution in [0.25, 0.3) is 0 Å². The molecule has 0 radical (unpaired) electrons. The van der Waals surface area contributed by atoms with E-state index in [9.17, 15) is 9.59 Å². The molecular weight excluding hydrogens is 322 g/mol. The summed E-state index contributed by atoms with van der Waals surface area (Å²) >= 11 is 0. The van der Waals surface area contributed by atoms with Crippen LogP contribution < -0.4 is 14.8 Å². The van der Waals surface area contributed by atoms with E-state index in [2.05, 4.69) is 19.2 Å². The Hall–Kier alpha value is -2.24. The Labute approximate surface area is 148 Å². The van der Waals surface area contributed by atoms with Gasteiger partial charge in [0.1, 0.15) is 11.5 Å². The standard InChI is InChI=1S/C19H27NO5/c1-12-6-5-7-17(13(12)2)20-18(21)11-25-19(22)14-8-15(23-3)10-16(9-14)24-4/h8-10,12-13,17H,5-7,11H2,1-4H3,(H,20,21)/t12-,13-,17-/m1/s1. The minimum absolute atomic E-state index is 0.145. The van der Waals surface area contributed by atoms with E-state index < -0.39 is 5.97 Å². The minimum Gasteiger partial charge on any atom is -0.497 e. The molecule has 3 atom stereocenters. The maximum atomic E-state index is 12.2. The predicted octanol–water partition coefficient (Wildman–Crippen LogP) is 2.80. The Kier molecular flexibility index (Phi) is 6.67. The Balaban J connectivity index is 1.90. The maximum Gasteiger partial charge on any atom is 0.338 e. The van der Waals surface area contributed by atoms with Crippen LogP contribution in [0.3, 0.4) is 0 Å². The van der Waals surface area contributed by atoms with E-state index in [1.165, 1.54) is 20.6 Å². The molecule has 0 unspecified atom stereocenters. The van der Waals surface area contributed by atoms with E-state index in [1.54, 1.807) is 18.2 Å². The SMILES string of the molecule is COc1cc(OC)cc(C(=O)OCC(=O)N[C@@H]2CCC[C@@H](C)[C@H]2C)c1. The van der Waals surface area contributed by atoms with Gasteiger partial charge in [-0.05, 0) is 30.4 Å². The van der Waals surface area contributed by atoms with Gasteiger partial charge in [-0.15, -0.1) is 0 Å². The van der Waals surface area contributed by atoms with E-state index in [0.717, 1.165) is 12.8 Å². The van der Waals surface area contributed by atoms with Crippen LogP contribution in [0.4, 0.5) is 0 Å². The molecule has 0 heterocycles. The second-order valence-corrected chi connectivity index (χ2v) is 6.62. The van der Waals surface area contributed by atoms with Gasteiger partial charge in [0, 0.05) is 12.1 Å². The number of rotatable bonds is 6. The molecule has 0 saturated heterocycles. The fourth-order valence-corrected chi connectivity index (χ4v) is 3.17. The summed E-state index contributed by atoms with van der Waals surface area (Å²) in [5, 5.41) is 2.99. The Morgan fingerprint density at radius 2 is 1.72 bits per heavy atom. The van der Waals surface area contributed by atoms with Gasteiger partial charge in [-0.3, -0.25) is 4.79 Å². The normalized spacial score (nSPS) is 22.8. The predicted molar refractivity (Wildman–Crippen MR) is 93.9 cm³/mol. The monoisotopic (exact) mass is 349 g/mol. The second kappa shape index (κ2) is 8.74. The lowest BCUT2D eigenvalue weighted by molar-refractivity contribution is -0.125. The van der Waals surface area contributed by atoms with Crippen molar-refractivity contribution in [3.8, 4) is 11.5 Å². The van der Waals surface area contributed by atoms with Gasteiger partial charge in [-0.1, -0.05) is 26.7 Å². The first-order valence-corrected chi connectivity index (χ1v) is 8.64. The Bertz CT molecular complexity index is 594. The van der Waals surface area contributed by atoms with Crippen LogP contribution in [-0.4, -0.2) is 38.7 Å². The highest BCUT2D eigenvalue weighted by molar-refractivity contribution is 5.92. The molecule has 1 aromatic rings. The molecule has 1 aromatic carbocycles. The number of carbonyl (C=O) groups excluding carboxylic acids is 2. The van der Waals surface area contributed by atoms with Gasteiger partial charge in [0.2, 0.25) is 0 Å². The van der Waals surface area contributed by atoms with Gasteiger partial charge in [0.25, 0.3) is 5.91 Å². The number of nitrogens with one attached hydrogen (secondary N) is 1. The molecule has 1 N–H and O–H groups in total. The maximum absolute atomic E-state index is 12.2. The van der Waals surface area contributed by atoms with Crippen LogP contribution in [0.1, 0.15) is 43.5 Å². The minimum atomic E-state index is -0.586. The van der Waals surface area contributed by atoms with Crippen LogP contribution in [0.2, 0.25) is 0 Å². The molecule has 25 heavy (non-hydrogen) atoms. The highest BCUT2D eigenvalue weighted by atomic mass is 16.5. The number of esters is 1. The van der Waals surface area contributed by atoms with Crippen molar-refractivity contribution < 1.29 is 23.8 Å². The first-order chi connectivity index (χ1) is 11.9. The van der Waals surface area contributed by atoms with Crippen molar-refractivity contribution in [3.05, 3.63) is 23.8 Å². The molecule has 6 heteroatoms. The molecule has 2 rings (SSSR count). The van der Waals surface area contributed by atoms with Crippen molar-refractivity contribution in [1.82, 2.24) is 5.32 Å². The summed E-state index contributed by atoms with van der Waals surface area (Å²) in [6.45, 7) is 4.07. The second-order valence-electron chi connectivity index (χ2n) is 6.62. The fraction of sp³-hybridized carbons (Fsp3) is 0.579.